The summed E-state index contributed by atoms with van der Waals surface area (Å²) in [7, 11) is 0. The van der Waals surface area contributed by atoms with Gasteiger partial charge < -0.3 is 26.2 Å². The van der Waals surface area contributed by atoms with Crippen molar-refractivity contribution in [3.05, 3.63) is 119 Å². The van der Waals surface area contributed by atoms with Gasteiger partial charge in [-0.3, -0.25) is 0 Å². The van der Waals surface area contributed by atoms with Gasteiger partial charge in [0.1, 0.15) is 18.6 Å². The van der Waals surface area contributed by atoms with Gasteiger partial charge in [-0.05, 0) is 53.8 Å². The van der Waals surface area contributed by atoms with Crippen LogP contribution in [-0.2, 0) is 23.5 Å². The van der Waals surface area contributed by atoms with Gasteiger partial charge in [-0.2, -0.15) is 5.26 Å². The van der Waals surface area contributed by atoms with Crippen molar-refractivity contribution in [3.8, 4) is 6.07 Å². The summed E-state index contributed by atoms with van der Waals surface area (Å²) in [6.45, 7) is 8.85. The number of nitrogens with zero attached hydrogens (tertiary/aromatic N) is 2. The standard InChI is InChI=1S/C36H37N2O.BrH/c1-26-22-38(23-28-17-15-27(21-37)16-18-28)25-36(34-20-19-32(26)35(34,38)2,39-24-29-9-4-3-5-10-29)33-14-8-12-30-11-6-7-13-31(30)33;/h3-18,26,32,34H,19-20,22-25H2,1-2H3;1H/q+1;/p-1/t26-,32+,34+,35-,36+,38-;/m1./s1. The minimum atomic E-state index is -0.368. The largest absolute Gasteiger partial charge is 1.00 e. The molecule has 2 saturated heterocycles. The van der Waals surface area contributed by atoms with Crippen LogP contribution in [0.25, 0.3) is 10.8 Å². The van der Waals surface area contributed by atoms with Gasteiger partial charge in [0.05, 0.1) is 30.7 Å². The van der Waals surface area contributed by atoms with Crippen molar-refractivity contribution in [3.63, 3.8) is 0 Å². The zero-order chi connectivity index (χ0) is 26.7. The molecule has 0 amide bonds. The third-order valence-electron chi connectivity index (χ3n) is 10.8. The van der Waals surface area contributed by atoms with Crippen LogP contribution in [0.5, 0.6) is 0 Å². The van der Waals surface area contributed by atoms with Gasteiger partial charge in [-0.25, -0.2) is 0 Å². The minimum absolute atomic E-state index is 0. The van der Waals surface area contributed by atoms with E-state index in [1.807, 2.05) is 12.1 Å². The molecule has 1 aliphatic carbocycles. The molecule has 0 radical (unpaired) electrons. The van der Waals surface area contributed by atoms with Gasteiger partial charge in [0.15, 0.2) is 5.60 Å². The Bertz CT molecular complexity index is 1560. The van der Waals surface area contributed by atoms with E-state index in [0.717, 1.165) is 23.1 Å². The SMILES string of the molecule is C[C@@H]1C[N@@+]2(Cc3ccc(C#N)cc3)C[C@](OCc3ccccc3)(c3cccc4ccccc34)[C@H]3CC[C@@H]1[C@]32C.[Br-]. The normalized spacial score (nSPS) is 32.0. The van der Waals surface area contributed by atoms with E-state index in [1.54, 1.807) is 0 Å². The Hall–Kier alpha value is -2.97. The molecule has 4 heteroatoms. The van der Waals surface area contributed by atoms with E-state index in [-0.39, 0.29) is 28.1 Å². The van der Waals surface area contributed by atoms with Crippen LogP contribution < -0.4 is 17.0 Å². The maximum atomic E-state index is 9.38. The van der Waals surface area contributed by atoms with E-state index in [0.29, 0.717) is 24.4 Å². The first-order valence-corrected chi connectivity index (χ1v) is 14.5. The van der Waals surface area contributed by atoms with Crippen LogP contribution in [0.4, 0.5) is 0 Å². The molecule has 0 bridgehead atoms. The molecule has 0 N–H and O–H groups in total. The Morgan fingerprint density at radius 1 is 0.875 bits per heavy atom. The van der Waals surface area contributed by atoms with Crippen molar-refractivity contribution >= 4 is 10.8 Å². The fourth-order valence-electron chi connectivity index (χ4n) is 9.31. The number of quaternary nitrogens is 1. The maximum absolute atomic E-state index is 9.38. The zero-order valence-electron chi connectivity index (χ0n) is 23.4. The molecule has 0 unspecified atom stereocenters. The molecule has 4 aromatic rings. The second-order valence-corrected chi connectivity index (χ2v) is 12.6. The quantitative estimate of drug-likeness (QED) is 0.307. The van der Waals surface area contributed by atoms with E-state index < -0.39 is 0 Å². The molecular formula is C36H37BrN2O. The van der Waals surface area contributed by atoms with Gasteiger partial charge in [-0.1, -0.05) is 91.9 Å². The summed E-state index contributed by atoms with van der Waals surface area (Å²) < 4.78 is 8.44. The second kappa shape index (κ2) is 10.1. The first kappa shape index (κ1) is 27.2. The van der Waals surface area contributed by atoms with Crippen molar-refractivity contribution < 1.29 is 26.2 Å². The third kappa shape index (κ3) is 3.90. The summed E-state index contributed by atoms with van der Waals surface area (Å²) in [5, 5.41) is 12.0. The number of nitriles is 1. The first-order valence-electron chi connectivity index (χ1n) is 14.5. The lowest BCUT2D eigenvalue weighted by molar-refractivity contribution is -0.968. The topological polar surface area (TPSA) is 33.0 Å². The number of rotatable bonds is 6. The van der Waals surface area contributed by atoms with Crippen LogP contribution in [0.15, 0.2) is 97.1 Å². The Morgan fingerprint density at radius 2 is 1.60 bits per heavy atom. The molecule has 7 rings (SSSR count). The molecule has 4 aromatic carbocycles. The molecule has 3 nitrogen and oxygen atoms in total. The number of fused-ring (bicyclic) bond motifs is 1. The molecule has 204 valence electrons. The van der Waals surface area contributed by atoms with Gasteiger partial charge in [0.2, 0.25) is 0 Å². The van der Waals surface area contributed by atoms with E-state index in [2.05, 4.69) is 105 Å². The van der Waals surface area contributed by atoms with Gasteiger partial charge >= 0.3 is 0 Å². The van der Waals surface area contributed by atoms with Gasteiger partial charge in [0, 0.05) is 17.4 Å². The summed E-state index contributed by atoms with van der Waals surface area (Å²) in [5.74, 6) is 1.82. The Morgan fingerprint density at radius 3 is 2.38 bits per heavy atom. The van der Waals surface area contributed by atoms with Crippen LogP contribution in [-0.4, -0.2) is 23.1 Å². The van der Waals surface area contributed by atoms with Crippen molar-refractivity contribution in [2.75, 3.05) is 13.1 Å². The Balaban J connectivity index is 0.00000289. The van der Waals surface area contributed by atoms with Crippen molar-refractivity contribution in [1.82, 2.24) is 0 Å². The lowest BCUT2D eigenvalue weighted by atomic mass is 9.72. The summed E-state index contributed by atoms with van der Waals surface area (Å²) in [5.41, 5.74) is 4.42. The number of benzene rings is 4. The molecule has 40 heavy (non-hydrogen) atoms. The van der Waals surface area contributed by atoms with Crippen LogP contribution in [0.1, 0.15) is 48.9 Å². The lowest BCUT2D eigenvalue weighted by Gasteiger charge is -2.43. The van der Waals surface area contributed by atoms with Crippen LogP contribution >= 0.6 is 0 Å². The van der Waals surface area contributed by atoms with E-state index in [1.165, 1.54) is 46.8 Å². The number of hydrogen-bond donors (Lipinski definition) is 0. The monoisotopic (exact) mass is 592 g/mol. The Kier molecular flexibility index (Phi) is 6.90. The molecule has 3 fully saturated rings. The van der Waals surface area contributed by atoms with Crippen LogP contribution in [0, 0.1) is 29.1 Å². The zero-order valence-corrected chi connectivity index (χ0v) is 25.0. The lowest BCUT2D eigenvalue weighted by Crippen LogP contribution is -3.00. The Labute approximate surface area is 248 Å². The summed E-state index contributed by atoms with van der Waals surface area (Å²) >= 11 is 0. The summed E-state index contributed by atoms with van der Waals surface area (Å²) in [4.78, 5) is 0. The number of hydrogen-bond acceptors (Lipinski definition) is 2. The maximum Gasteiger partial charge on any atom is 0.151 e. The van der Waals surface area contributed by atoms with E-state index in [4.69, 9.17) is 4.74 Å². The second-order valence-electron chi connectivity index (χ2n) is 12.6. The number of ether oxygens (including phenoxy) is 1. The van der Waals surface area contributed by atoms with Crippen molar-refractivity contribution in [1.29, 1.82) is 5.26 Å². The molecular weight excluding hydrogens is 556 g/mol. The molecule has 0 aromatic heterocycles. The number of halogens is 1. The average molecular weight is 594 g/mol. The van der Waals surface area contributed by atoms with Crippen LogP contribution in [0.3, 0.4) is 0 Å². The van der Waals surface area contributed by atoms with E-state index in [9.17, 15) is 5.26 Å². The minimum Gasteiger partial charge on any atom is -1.00 e. The summed E-state index contributed by atoms with van der Waals surface area (Å²) in [6.07, 6.45) is 2.48. The molecule has 1 saturated carbocycles. The fourth-order valence-corrected chi connectivity index (χ4v) is 9.31. The molecule has 0 spiro atoms. The van der Waals surface area contributed by atoms with Gasteiger partial charge in [0.25, 0.3) is 0 Å². The smallest absolute Gasteiger partial charge is 0.151 e. The first-order chi connectivity index (χ1) is 19.0. The average Bonchev–Trinajstić information content (AvgIpc) is 3.52. The fraction of sp³-hybridized carbons (Fsp3) is 0.361. The molecule has 2 heterocycles. The molecule has 2 aliphatic heterocycles. The molecule has 3 aliphatic rings. The predicted molar refractivity (Wildman–Crippen MR) is 155 cm³/mol. The summed E-state index contributed by atoms with van der Waals surface area (Å²) in [6, 6.07) is 37.0. The highest BCUT2D eigenvalue weighted by Gasteiger charge is 2.78. The van der Waals surface area contributed by atoms with Crippen molar-refractivity contribution in [2.45, 2.75) is 51.0 Å². The highest BCUT2D eigenvalue weighted by molar-refractivity contribution is 5.86. The van der Waals surface area contributed by atoms with Crippen molar-refractivity contribution in [2.24, 2.45) is 17.8 Å². The van der Waals surface area contributed by atoms with Gasteiger partial charge in [-0.15, -0.1) is 0 Å². The predicted octanol–water partition coefficient (Wildman–Crippen LogP) is 4.59. The van der Waals surface area contributed by atoms with E-state index >= 15 is 0 Å². The third-order valence-corrected chi connectivity index (χ3v) is 10.8. The van der Waals surface area contributed by atoms with Crippen LogP contribution in [0.2, 0.25) is 0 Å². The molecule has 6 atom stereocenters. The highest BCUT2D eigenvalue weighted by Crippen LogP contribution is 2.68. The highest BCUT2D eigenvalue weighted by atomic mass is 79.9.